The molecule has 0 radical (unpaired) electrons. The smallest absolute Gasteiger partial charge is 0.437 e. The van der Waals surface area contributed by atoms with Gasteiger partial charge in [-0.15, -0.1) is 0 Å². The van der Waals surface area contributed by atoms with Crippen LogP contribution in [0.3, 0.4) is 0 Å². The summed E-state index contributed by atoms with van der Waals surface area (Å²) in [4.78, 5) is 13.9. The number of fused-ring (bicyclic) bond motifs is 1. The highest BCUT2D eigenvalue weighted by Gasteiger charge is 2.07. The number of nitrogens with one attached hydrogen (secondary N) is 1. The second-order valence-electron chi connectivity index (χ2n) is 2.75. The van der Waals surface area contributed by atoms with E-state index >= 15 is 0 Å². The number of H-pyrrole nitrogens is 1. The molecule has 72 valence electrons. The third-order valence-corrected chi connectivity index (χ3v) is 1.91. The minimum atomic E-state index is -0.710. The lowest BCUT2D eigenvalue weighted by molar-refractivity contribution is 0.122. The Kier molecular flexibility index (Phi) is 2.10. The fraction of sp³-hybridized carbons (Fsp3) is 0.100. The molecule has 0 atom stereocenters. The van der Waals surface area contributed by atoms with E-state index in [9.17, 15) is 4.79 Å². The van der Waals surface area contributed by atoms with Crippen LogP contribution in [0.4, 0.5) is 4.79 Å². The summed E-state index contributed by atoms with van der Waals surface area (Å²) < 4.78 is 9.36. The van der Waals surface area contributed by atoms with Gasteiger partial charge in [-0.05, 0) is 18.2 Å². The summed E-state index contributed by atoms with van der Waals surface area (Å²) in [6.07, 6.45) is 1.08. The first-order valence-corrected chi connectivity index (χ1v) is 4.13. The largest absolute Gasteiger partial charge is 0.513 e. The van der Waals surface area contributed by atoms with Crippen LogP contribution in [0.25, 0.3) is 10.9 Å². The first-order valence-electron chi connectivity index (χ1n) is 4.13. The van der Waals surface area contributed by atoms with Crippen LogP contribution in [0.2, 0.25) is 0 Å². The number of aromatic amines is 1. The highest BCUT2D eigenvalue weighted by Crippen LogP contribution is 2.24. The van der Waals surface area contributed by atoms with Crippen LogP contribution in [-0.4, -0.2) is 18.2 Å². The van der Waals surface area contributed by atoms with Gasteiger partial charge in [-0.2, -0.15) is 0 Å². The lowest BCUT2D eigenvalue weighted by Gasteiger charge is -2.02. The molecule has 0 aliphatic heterocycles. The van der Waals surface area contributed by atoms with Crippen LogP contribution < -0.4 is 4.74 Å². The minimum absolute atomic E-state index is 0.496. The Morgan fingerprint density at radius 1 is 1.36 bits per heavy atom. The summed E-state index contributed by atoms with van der Waals surface area (Å²) in [5, 5.41) is 0.859. The van der Waals surface area contributed by atoms with Gasteiger partial charge in [-0.1, -0.05) is 6.07 Å². The molecule has 0 saturated heterocycles. The molecule has 1 heterocycles. The fourth-order valence-corrected chi connectivity index (χ4v) is 1.28. The Bertz CT molecular complexity index is 461. The van der Waals surface area contributed by atoms with Crippen molar-refractivity contribution in [3.8, 4) is 5.75 Å². The summed E-state index contributed by atoms with van der Waals surface area (Å²) in [6, 6.07) is 7.26. The molecule has 1 aromatic carbocycles. The molecular weight excluding hydrogens is 182 g/mol. The Balaban J connectivity index is 2.41. The Morgan fingerprint density at radius 3 is 3.00 bits per heavy atom. The maximum atomic E-state index is 10.9. The summed E-state index contributed by atoms with van der Waals surface area (Å²) >= 11 is 0. The van der Waals surface area contributed by atoms with E-state index < -0.39 is 6.16 Å². The molecule has 0 bridgehead atoms. The lowest BCUT2D eigenvalue weighted by atomic mass is 10.2. The van der Waals surface area contributed by atoms with Crippen molar-refractivity contribution in [1.29, 1.82) is 0 Å². The molecule has 2 aromatic rings. The second-order valence-corrected chi connectivity index (χ2v) is 2.75. The molecule has 4 heteroatoms. The number of hydrogen-bond acceptors (Lipinski definition) is 3. The number of aromatic nitrogens is 1. The van der Waals surface area contributed by atoms with Gasteiger partial charge in [0.2, 0.25) is 0 Å². The Morgan fingerprint density at radius 2 is 2.21 bits per heavy atom. The summed E-state index contributed by atoms with van der Waals surface area (Å²) in [5.41, 5.74) is 0.923. The predicted octanol–water partition coefficient (Wildman–Crippen LogP) is 2.31. The highest BCUT2D eigenvalue weighted by atomic mass is 16.7. The van der Waals surface area contributed by atoms with Gasteiger partial charge < -0.3 is 14.5 Å². The molecule has 0 saturated carbocycles. The molecule has 0 aliphatic carbocycles. The molecule has 2 rings (SSSR count). The molecule has 0 amide bonds. The average Bonchev–Trinajstić information content (AvgIpc) is 2.66. The van der Waals surface area contributed by atoms with Crippen LogP contribution in [0.15, 0.2) is 30.5 Å². The number of carbonyl (C=O) groups is 1. The van der Waals surface area contributed by atoms with Crippen molar-refractivity contribution in [2.24, 2.45) is 0 Å². The molecule has 14 heavy (non-hydrogen) atoms. The number of carbonyl (C=O) groups excluding carboxylic acids is 1. The van der Waals surface area contributed by atoms with Gasteiger partial charge in [0.15, 0.2) is 0 Å². The van der Waals surface area contributed by atoms with Crippen LogP contribution in [0.1, 0.15) is 0 Å². The number of hydrogen-bond donors (Lipinski definition) is 1. The number of benzene rings is 1. The monoisotopic (exact) mass is 191 g/mol. The van der Waals surface area contributed by atoms with Crippen molar-refractivity contribution < 1.29 is 14.3 Å². The third-order valence-electron chi connectivity index (χ3n) is 1.91. The quantitative estimate of drug-likeness (QED) is 0.555. The molecule has 1 N–H and O–H groups in total. The maximum Gasteiger partial charge on any atom is 0.513 e. The van der Waals surface area contributed by atoms with Crippen molar-refractivity contribution in [2.75, 3.05) is 7.11 Å². The molecule has 0 aliphatic rings. The van der Waals surface area contributed by atoms with Gasteiger partial charge in [0.1, 0.15) is 5.75 Å². The molecule has 0 unspecified atom stereocenters. The van der Waals surface area contributed by atoms with E-state index in [4.69, 9.17) is 4.74 Å². The second kappa shape index (κ2) is 3.41. The van der Waals surface area contributed by atoms with Crippen LogP contribution >= 0.6 is 0 Å². The SMILES string of the molecule is COC(=O)Oc1cccc2[nH]ccc12. The fourth-order valence-electron chi connectivity index (χ4n) is 1.28. The normalized spacial score (nSPS) is 10.1. The maximum absolute atomic E-state index is 10.9. The van der Waals surface area contributed by atoms with E-state index in [1.165, 1.54) is 7.11 Å². The molecular formula is C10H9NO3. The van der Waals surface area contributed by atoms with Crippen LogP contribution in [-0.2, 0) is 4.74 Å². The van der Waals surface area contributed by atoms with Crippen molar-refractivity contribution in [3.63, 3.8) is 0 Å². The van der Waals surface area contributed by atoms with E-state index in [2.05, 4.69) is 9.72 Å². The number of ether oxygens (including phenoxy) is 2. The Labute approximate surface area is 80.4 Å². The zero-order chi connectivity index (χ0) is 9.97. The Hall–Kier alpha value is -1.97. The number of rotatable bonds is 1. The topological polar surface area (TPSA) is 51.3 Å². The summed E-state index contributed by atoms with van der Waals surface area (Å²) in [6.45, 7) is 0. The average molecular weight is 191 g/mol. The summed E-state index contributed by atoms with van der Waals surface area (Å²) in [7, 11) is 1.28. The van der Waals surface area contributed by atoms with Gasteiger partial charge in [0.05, 0.1) is 7.11 Å². The van der Waals surface area contributed by atoms with E-state index in [1.54, 1.807) is 18.3 Å². The zero-order valence-electron chi connectivity index (χ0n) is 7.61. The van der Waals surface area contributed by atoms with Gasteiger partial charge in [-0.3, -0.25) is 0 Å². The molecule has 4 nitrogen and oxygen atoms in total. The number of methoxy groups -OCH3 is 1. The van der Waals surface area contributed by atoms with E-state index in [1.807, 2.05) is 12.1 Å². The van der Waals surface area contributed by atoms with Crippen molar-refractivity contribution in [1.82, 2.24) is 4.98 Å². The first-order chi connectivity index (χ1) is 6.81. The van der Waals surface area contributed by atoms with Crippen molar-refractivity contribution in [2.45, 2.75) is 0 Å². The summed E-state index contributed by atoms with van der Waals surface area (Å²) in [5.74, 6) is 0.496. The lowest BCUT2D eigenvalue weighted by Crippen LogP contribution is -2.07. The highest BCUT2D eigenvalue weighted by molar-refractivity contribution is 5.87. The van der Waals surface area contributed by atoms with Crippen LogP contribution in [0.5, 0.6) is 5.75 Å². The zero-order valence-corrected chi connectivity index (χ0v) is 7.61. The van der Waals surface area contributed by atoms with Crippen LogP contribution in [0, 0.1) is 0 Å². The third kappa shape index (κ3) is 1.42. The van der Waals surface area contributed by atoms with E-state index in [0.717, 1.165) is 10.9 Å². The molecule has 0 spiro atoms. The minimum Gasteiger partial charge on any atom is -0.437 e. The van der Waals surface area contributed by atoms with Gasteiger partial charge in [-0.25, -0.2) is 4.79 Å². The first kappa shape index (κ1) is 8.62. The van der Waals surface area contributed by atoms with E-state index in [0.29, 0.717) is 5.75 Å². The van der Waals surface area contributed by atoms with Gasteiger partial charge in [0, 0.05) is 17.1 Å². The molecule has 0 fully saturated rings. The molecule has 1 aromatic heterocycles. The van der Waals surface area contributed by atoms with E-state index in [-0.39, 0.29) is 0 Å². The van der Waals surface area contributed by atoms with Gasteiger partial charge >= 0.3 is 6.16 Å². The standard InChI is InChI=1S/C10H9NO3/c1-13-10(12)14-9-4-2-3-8-7(9)5-6-11-8/h2-6,11H,1H3. The predicted molar refractivity (Wildman–Crippen MR) is 51.3 cm³/mol. The van der Waals surface area contributed by atoms with Crippen molar-refractivity contribution in [3.05, 3.63) is 30.5 Å². The van der Waals surface area contributed by atoms with Crippen molar-refractivity contribution >= 4 is 17.1 Å². The van der Waals surface area contributed by atoms with Gasteiger partial charge in [0.25, 0.3) is 0 Å².